The van der Waals surface area contributed by atoms with Crippen molar-refractivity contribution in [1.82, 2.24) is 0 Å². The summed E-state index contributed by atoms with van der Waals surface area (Å²) in [6, 6.07) is 10.1. The van der Waals surface area contributed by atoms with Gasteiger partial charge in [-0.25, -0.2) is 0 Å². The van der Waals surface area contributed by atoms with E-state index in [1.807, 2.05) is 30.3 Å². The highest BCUT2D eigenvalue weighted by Crippen LogP contribution is 2.04. The number of rotatable bonds is 3. The SMILES string of the molecule is O[C@H](CI)Cc1ccccc1. The molecule has 0 aliphatic heterocycles. The predicted molar refractivity (Wildman–Crippen MR) is 55.0 cm³/mol. The lowest BCUT2D eigenvalue weighted by atomic mass is 10.1. The number of hydrogen-bond donors (Lipinski definition) is 1. The van der Waals surface area contributed by atoms with Crippen molar-refractivity contribution in [3.8, 4) is 0 Å². The summed E-state index contributed by atoms with van der Waals surface area (Å²) >= 11 is 2.19. The molecule has 1 aromatic rings. The third kappa shape index (κ3) is 3.20. The van der Waals surface area contributed by atoms with Crippen molar-refractivity contribution in [2.75, 3.05) is 4.43 Å². The van der Waals surface area contributed by atoms with Crippen LogP contribution in [0.1, 0.15) is 5.56 Å². The summed E-state index contributed by atoms with van der Waals surface area (Å²) in [6.07, 6.45) is 0.571. The van der Waals surface area contributed by atoms with E-state index in [0.29, 0.717) is 0 Å². The van der Waals surface area contributed by atoms with Gasteiger partial charge in [-0.05, 0) is 12.0 Å². The molecule has 1 aromatic carbocycles. The normalized spacial score (nSPS) is 12.9. The Morgan fingerprint density at radius 2 is 1.91 bits per heavy atom. The third-order valence-corrected chi connectivity index (χ3v) is 2.51. The van der Waals surface area contributed by atoms with Crippen LogP contribution in [0.15, 0.2) is 30.3 Å². The zero-order valence-electron chi connectivity index (χ0n) is 6.20. The van der Waals surface area contributed by atoms with Crippen LogP contribution in [-0.4, -0.2) is 15.6 Å². The maximum atomic E-state index is 9.30. The van der Waals surface area contributed by atoms with Crippen LogP contribution in [-0.2, 0) is 6.42 Å². The molecule has 0 heterocycles. The van der Waals surface area contributed by atoms with Gasteiger partial charge in [0.2, 0.25) is 0 Å². The standard InChI is InChI=1S/C9H11IO/c10-7-9(11)6-8-4-2-1-3-5-8/h1-5,9,11H,6-7H2/t9-/m0/s1. The van der Waals surface area contributed by atoms with Crippen molar-refractivity contribution in [2.45, 2.75) is 12.5 Å². The topological polar surface area (TPSA) is 20.2 Å². The Morgan fingerprint density at radius 1 is 1.27 bits per heavy atom. The molecule has 11 heavy (non-hydrogen) atoms. The Kier molecular flexibility index (Phi) is 3.86. The number of aliphatic hydroxyl groups excluding tert-OH is 1. The molecule has 0 saturated carbocycles. The van der Waals surface area contributed by atoms with Gasteiger partial charge in [-0.1, -0.05) is 52.9 Å². The van der Waals surface area contributed by atoms with Gasteiger partial charge in [-0.15, -0.1) is 0 Å². The molecule has 1 atom stereocenters. The molecule has 0 saturated heterocycles. The molecule has 2 heteroatoms. The van der Waals surface area contributed by atoms with Gasteiger partial charge >= 0.3 is 0 Å². The number of halogens is 1. The van der Waals surface area contributed by atoms with Gasteiger partial charge in [0, 0.05) is 4.43 Å². The maximum absolute atomic E-state index is 9.30. The largest absolute Gasteiger partial charge is 0.392 e. The average Bonchev–Trinajstić information content (AvgIpc) is 2.06. The van der Waals surface area contributed by atoms with E-state index in [0.717, 1.165) is 10.8 Å². The van der Waals surface area contributed by atoms with Gasteiger partial charge in [0.1, 0.15) is 0 Å². The first kappa shape index (κ1) is 9.00. The van der Waals surface area contributed by atoms with Crippen molar-refractivity contribution < 1.29 is 5.11 Å². The number of aliphatic hydroxyl groups is 1. The molecule has 1 nitrogen and oxygen atoms in total. The highest BCUT2D eigenvalue weighted by atomic mass is 127. The number of hydrogen-bond acceptors (Lipinski definition) is 1. The van der Waals surface area contributed by atoms with E-state index in [9.17, 15) is 5.11 Å². The first-order valence-electron chi connectivity index (χ1n) is 3.61. The summed E-state index contributed by atoms with van der Waals surface area (Å²) < 4.78 is 0.798. The predicted octanol–water partition coefficient (Wildman–Crippen LogP) is 2.03. The second kappa shape index (κ2) is 4.72. The molecule has 1 N–H and O–H groups in total. The molecule has 60 valence electrons. The van der Waals surface area contributed by atoms with Crippen LogP contribution in [0.25, 0.3) is 0 Å². The highest BCUT2D eigenvalue weighted by molar-refractivity contribution is 14.1. The van der Waals surface area contributed by atoms with E-state index < -0.39 is 0 Å². The van der Waals surface area contributed by atoms with Crippen LogP contribution in [0.3, 0.4) is 0 Å². The van der Waals surface area contributed by atoms with Crippen LogP contribution < -0.4 is 0 Å². The highest BCUT2D eigenvalue weighted by Gasteiger charge is 2.01. The van der Waals surface area contributed by atoms with Gasteiger partial charge in [0.05, 0.1) is 6.10 Å². The first-order chi connectivity index (χ1) is 5.33. The maximum Gasteiger partial charge on any atom is 0.0669 e. The van der Waals surface area contributed by atoms with Gasteiger partial charge < -0.3 is 5.11 Å². The van der Waals surface area contributed by atoms with Crippen LogP contribution in [0.4, 0.5) is 0 Å². The molecule has 0 radical (unpaired) electrons. The Hall–Kier alpha value is -0.0900. The van der Waals surface area contributed by atoms with Crippen LogP contribution in [0.2, 0.25) is 0 Å². The zero-order chi connectivity index (χ0) is 8.10. The van der Waals surface area contributed by atoms with Crippen LogP contribution >= 0.6 is 22.6 Å². The van der Waals surface area contributed by atoms with E-state index in [1.165, 1.54) is 5.56 Å². The molecule has 0 aromatic heterocycles. The fourth-order valence-electron chi connectivity index (χ4n) is 0.941. The third-order valence-electron chi connectivity index (χ3n) is 1.49. The van der Waals surface area contributed by atoms with Crippen molar-refractivity contribution in [3.63, 3.8) is 0 Å². The van der Waals surface area contributed by atoms with Crippen molar-refractivity contribution >= 4 is 22.6 Å². The molecule has 0 aliphatic rings. The Morgan fingerprint density at radius 3 is 2.45 bits per heavy atom. The summed E-state index contributed by atoms with van der Waals surface area (Å²) in [6.45, 7) is 0. The summed E-state index contributed by atoms with van der Waals surface area (Å²) in [4.78, 5) is 0. The van der Waals surface area contributed by atoms with Crippen LogP contribution in [0.5, 0.6) is 0 Å². The molecule has 0 amide bonds. The van der Waals surface area contributed by atoms with E-state index in [1.54, 1.807) is 0 Å². The second-order valence-electron chi connectivity index (χ2n) is 2.50. The first-order valence-corrected chi connectivity index (χ1v) is 5.13. The molecule has 0 fully saturated rings. The quantitative estimate of drug-likeness (QED) is 0.652. The lowest BCUT2D eigenvalue weighted by Gasteiger charge is -2.05. The molecule has 0 bridgehead atoms. The lowest BCUT2D eigenvalue weighted by Crippen LogP contribution is -2.11. The average molecular weight is 262 g/mol. The lowest BCUT2D eigenvalue weighted by molar-refractivity contribution is 0.203. The Balaban J connectivity index is 2.51. The van der Waals surface area contributed by atoms with Gasteiger partial charge in [0.15, 0.2) is 0 Å². The molecule has 0 unspecified atom stereocenters. The monoisotopic (exact) mass is 262 g/mol. The van der Waals surface area contributed by atoms with Crippen molar-refractivity contribution in [2.24, 2.45) is 0 Å². The smallest absolute Gasteiger partial charge is 0.0669 e. The summed E-state index contributed by atoms with van der Waals surface area (Å²) in [5.74, 6) is 0. The fraction of sp³-hybridized carbons (Fsp3) is 0.333. The number of benzene rings is 1. The van der Waals surface area contributed by atoms with Gasteiger partial charge in [-0.3, -0.25) is 0 Å². The molecular weight excluding hydrogens is 251 g/mol. The van der Waals surface area contributed by atoms with Crippen molar-refractivity contribution in [1.29, 1.82) is 0 Å². The zero-order valence-corrected chi connectivity index (χ0v) is 8.36. The summed E-state index contributed by atoms with van der Waals surface area (Å²) in [7, 11) is 0. The minimum atomic E-state index is -0.196. The Bertz CT molecular complexity index is 198. The van der Waals surface area contributed by atoms with Crippen molar-refractivity contribution in [3.05, 3.63) is 35.9 Å². The van der Waals surface area contributed by atoms with Crippen LogP contribution in [0, 0.1) is 0 Å². The van der Waals surface area contributed by atoms with E-state index in [2.05, 4.69) is 22.6 Å². The minimum absolute atomic E-state index is 0.196. The molecule has 1 rings (SSSR count). The molecule has 0 aliphatic carbocycles. The number of alkyl halides is 1. The Labute approximate surface area is 80.6 Å². The summed E-state index contributed by atoms with van der Waals surface area (Å²) in [5, 5.41) is 9.30. The van der Waals surface area contributed by atoms with E-state index in [4.69, 9.17) is 0 Å². The fourth-order valence-corrected chi connectivity index (χ4v) is 1.25. The minimum Gasteiger partial charge on any atom is -0.392 e. The van der Waals surface area contributed by atoms with E-state index >= 15 is 0 Å². The molecular formula is C9H11IO. The van der Waals surface area contributed by atoms with Gasteiger partial charge in [-0.2, -0.15) is 0 Å². The second-order valence-corrected chi connectivity index (χ2v) is 3.38. The van der Waals surface area contributed by atoms with Gasteiger partial charge in [0.25, 0.3) is 0 Å². The molecule has 0 spiro atoms. The summed E-state index contributed by atoms with van der Waals surface area (Å²) in [5.41, 5.74) is 1.21. The van der Waals surface area contributed by atoms with E-state index in [-0.39, 0.29) is 6.10 Å².